The number of aromatic nitrogens is 2. The van der Waals surface area contributed by atoms with E-state index in [9.17, 15) is 9.59 Å². The monoisotopic (exact) mass is 334 g/mol. The molecule has 25 heavy (non-hydrogen) atoms. The van der Waals surface area contributed by atoms with Gasteiger partial charge in [-0.2, -0.15) is 0 Å². The minimum atomic E-state index is -0.530. The van der Waals surface area contributed by atoms with Gasteiger partial charge in [0.2, 0.25) is 5.91 Å². The van der Waals surface area contributed by atoms with E-state index >= 15 is 0 Å². The zero-order valence-corrected chi connectivity index (χ0v) is 13.8. The number of rotatable bonds is 3. The Hall–Kier alpha value is -3.15. The topological polar surface area (TPSA) is 66.7 Å². The van der Waals surface area contributed by atoms with Crippen molar-refractivity contribution in [2.24, 2.45) is 0 Å². The van der Waals surface area contributed by atoms with Crippen molar-refractivity contribution in [3.63, 3.8) is 0 Å². The summed E-state index contributed by atoms with van der Waals surface area (Å²) in [6, 6.07) is 12.4. The van der Waals surface area contributed by atoms with Crippen molar-refractivity contribution < 1.29 is 9.59 Å². The minimum absolute atomic E-state index is 0.155. The van der Waals surface area contributed by atoms with E-state index in [1.165, 1.54) is 0 Å². The molecular weight excluding hydrogens is 316 g/mol. The average molecular weight is 334 g/mol. The molecule has 6 heteroatoms. The van der Waals surface area contributed by atoms with E-state index in [2.05, 4.69) is 10.3 Å². The fraction of sp³-hybridized carbons (Fsp3) is 0.211. The van der Waals surface area contributed by atoms with E-state index in [1.807, 2.05) is 47.9 Å². The number of carbonyl (C=O) groups excluding carboxylic acids is 2. The summed E-state index contributed by atoms with van der Waals surface area (Å²) in [6.07, 6.45) is 4.89. The maximum absolute atomic E-state index is 13.2. The molecule has 1 unspecified atom stereocenters. The number of nitrogens with one attached hydrogen (secondary N) is 1. The lowest BCUT2D eigenvalue weighted by molar-refractivity contribution is -0.117. The molecule has 0 bridgehead atoms. The molecule has 6 nitrogen and oxygen atoms in total. The van der Waals surface area contributed by atoms with Gasteiger partial charge < -0.3 is 9.72 Å². The second kappa shape index (κ2) is 6.05. The van der Waals surface area contributed by atoms with Crippen molar-refractivity contribution in [1.82, 2.24) is 9.38 Å². The highest BCUT2D eigenvalue weighted by Crippen LogP contribution is 2.34. The molecular formula is C19H18N4O2. The van der Waals surface area contributed by atoms with Gasteiger partial charge in [0.25, 0.3) is 5.91 Å². The third kappa shape index (κ3) is 2.55. The summed E-state index contributed by atoms with van der Waals surface area (Å²) in [7, 11) is 0. The number of para-hydroxylation sites is 2. The molecule has 0 spiro atoms. The van der Waals surface area contributed by atoms with Gasteiger partial charge in [0, 0.05) is 11.7 Å². The summed E-state index contributed by atoms with van der Waals surface area (Å²) in [5, 5.41) is 2.90. The molecule has 1 atom stereocenters. The first-order valence-corrected chi connectivity index (χ1v) is 8.35. The molecule has 1 aliphatic heterocycles. The molecule has 0 fully saturated rings. The fourth-order valence-electron chi connectivity index (χ4n) is 3.25. The average Bonchev–Trinajstić information content (AvgIpc) is 3.09. The zero-order chi connectivity index (χ0) is 17.4. The Morgan fingerprint density at radius 1 is 1.24 bits per heavy atom. The first kappa shape index (κ1) is 15.4. The van der Waals surface area contributed by atoms with Crippen LogP contribution in [0.1, 0.15) is 30.3 Å². The number of carbonyl (C=O) groups is 2. The smallest absolute Gasteiger partial charge is 0.277 e. The van der Waals surface area contributed by atoms with Crippen LogP contribution >= 0.6 is 0 Å². The number of nitrogens with zero attached hydrogens (tertiary/aromatic N) is 3. The van der Waals surface area contributed by atoms with Gasteiger partial charge in [0.15, 0.2) is 0 Å². The number of benzene rings is 1. The van der Waals surface area contributed by atoms with Crippen molar-refractivity contribution >= 4 is 28.7 Å². The Morgan fingerprint density at radius 3 is 2.92 bits per heavy atom. The quantitative estimate of drug-likeness (QED) is 0.800. The van der Waals surface area contributed by atoms with E-state index in [-0.39, 0.29) is 11.8 Å². The van der Waals surface area contributed by atoms with Crippen LogP contribution in [0.25, 0.3) is 5.52 Å². The highest BCUT2D eigenvalue weighted by atomic mass is 16.2. The standard InChI is InChI=1S/C19H18N4O2/c1-2-6-17-18(24)21-14-8-3-4-9-16(14)23(17)19(25)15-11-13-7-5-10-22(13)12-20-15/h3-5,7-12,17H,2,6H2,1H3,(H,21,24). The summed E-state index contributed by atoms with van der Waals surface area (Å²) in [6.45, 7) is 2.00. The molecule has 126 valence electrons. The van der Waals surface area contributed by atoms with Crippen LogP contribution in [-0.2, 0) is 4.79 Å². The summed E-state index contributed by atoms with van der Waals surface area (Å²) in [4.78, 5) is 31.6. The highest BCUT2D eigenvalue weighted by molar-refractivity contribution is 6.16. The molecule has 3 aromatic rings. The Kier molecular flexibility index (Phi) is 3.72. The molecule has 4 rings (SSSR count). The second-order valence-electron chi connectivity index (χ2n) is 6.10. The maximum atomic E-state index is 13.2. The molecule has 1 aromatic carbocycles. The van der Waals surface area contributed by atoms with Crippen LogP contribution in [0.4, 0.5) is 11.4 Å². The van der Waals surface area contributed by atoms with Crippen LogP contribution in [-0.4, -0.2) is 27.2 Å². The third-order valence-electron chi connectivity index (χ3n) is 4.45. The second-order valence-corrected chi connectivity index (χ2v) is 6.10. The Bertz CT molecular complexity index is 963. The van der Waals surface area contributed by atoms with Crippen LogP contribution in [0, 0.1) is 0 Å². The largest absolute Gasteiger partial charge is 0.322 e. The number of hydrogen-bond donors (Lipinski definition) is 1. The molecule has 0 radical (unpaired) electrons. The van der Waals surface area contributed by atoms with Gasteiger partial charge in [-0.15, -0.1) is 0 Å². The van der Waals surface area contributed by atoms with Gasteiger partial charge in [-0.1, -0.05) is 25.5 Å². The molecule has 0 saturated carbocycles. The predicted molar refractivity (Wildman–Crippen MR) is 95.8 cm³/mol. The van der Waals surface area contributed by atoms with Crippen molar-refractivity contribution in [1.29, 1.82) is 0 Å². The first-order valence-electron chi connectivity index (χ1n) is 8.35. The van der Waals surface area contributed by atoms with Gasteiger partial charge >= 0.3 is 0 Å². The van der Waals surface area contributed by atoms with Crippen molar-refractivity contribution in [3.8, 4) is 0 Å². The van der Waals surface area contributed by atoms with Gasteiger partial charge in [-0.25, -0.2) is 4.98 Å². The zero-order valence-electron chi connectivity index (χ0n) is 13.8. The Morgan fingerprint density at radius 2 is 2.08 bits per heavy atom. The van der Waals surface area contributed by atoms with Crippen LogP contribution in [0.2, 0.25) is 0 Å². The van der Waals surface area contributed by atoms with E-state index in [0.29, 0.717) is 23.5 Å². The lowest BCUT2D eigenvalue weighted by Crippen LogP contribution is -2.51. The van der Waals surface area contributed by atoms with Crippen LogP contribution in [0.3, 0.4) is 0 Å². The number of fused-ring (bicyclic) bond motifs is 2. The molecule has 1 aliphatic rings. The van der Waals surface area contributed by atoms with E-state index in [1.54, 1.807) is 23.4 Å². The molecule has 3 heterocycles. The molecule has 2 amide bonds. The van der Waals surface area contributed by atoms with Crippen LogP contribution < -0.4 is 10.2 Å². The first-order chi connectivity index (χ1) is 12.2. The predicted octanol–water partition coefficient (Wildman–Crippen LogP) is 3.10. The van der Waals surface area contributed by atoms with E-state index in [0.717, 1.165) is 11.9 Å². The number of amides is 2. The van der Waals surface area contributed by atoms with Gasteiger partial charge in [-0.3, -0.25) is 14.5 Å². The van der Waals surface area contributed by atoms with E-state index < -0.39 is 6.04 Å². The lowest BCUT2D eigenvalue weighted by atomic mass is 10.0. The third-order valence-corrected chi connectivity index (χ3v) is 4.45. The SMILES string of the molecule is CCCC1C(=O)Nc2ccccc2N1C(=O)c1cc2cccn2cn1. The van der Waals surface area contributed by atoms with Gasteiger partial charge in [-0.05, 0) is 36.8 Å². The van der Waals surface area contributed by atoms with Crippen LogP contribution in [0.5, 0.6) is 0 Å². The van der Waals surface area contributed by atoms with Crippen molar-refractivity contribution in [3.05, 3.63) is 60.7 Å². The lowest BCUT2D eigenvalue weighted by Gasteiger charge is -2.36. The van der Waals surface area contributed by atoms with Crippen molar-refractivity contribution in [2.45, 2.75) is 25.8 Å². The summed E-state index contributed by atoms with van der Waals surface area (Å²) in [5.41, 5.74) is 2.58. The molecule has 1 N–H and O–H groups in total. The van der Waals surface area contributed by atoms with Crippen LogP contribution in [0.15, 0.2) is 55.0 Å². The minimum Gasteiger partial charge on any atom is -0.322 e. The molecule has 0 aliphatic carbocycles. The normalized spacial score (nSPS) is 16.6. The Labute approximate surface area is 145 Å². The maximum Gasteiger partial charge on any atom is 0.277 e. The Balaban J connectivity index is 1.81. The number of hydrogen-bond acceptors (Lipinski definition) is 3. The summed E-state index contributed by atoms with van der Waals surface area (Å²) >= 11 is 0. The highest BCUT2D eigenvalue weighted by Gasteiger charge is 2.37. The van der Waals surface area contributed by atoms with E-state index in [4.69, 9.17) is 0 Å². The van der Waals surface area contributed by atoms with Gasteiger partial charge in [0.05, 0.1) is 17.7 Å². The molecule has 2 aromatic heterocycles. The van der Waals surface area contributed by atoms with Gasteiger partial charge in [0.1, 0.15) is 11.7 Å². The summed E-state index contributed by atoms with van der Waals surface area (Å²) in [5.74, 6) is -0.415. The van der Waals surface area contributed by atoms with Crippen molar-refractivity contribution in [2.75, 3.05) is 10.2 Å². The summed E-state index contributed by atoms with van der Waals surface area (Å²) < 4.78 is 1.84. The fourth-order valence-corrected chi connectivity index (χ4v) is 3.25. The number of anilines is 2. The molecule has 0 saturated heterocycles.